The second kappa shape index (κ2) is 8.75. The molecule has 32 heavy (non-hydrogen) atoms. The maximum absolute atomic E-state index is 13.2. The predicted molar refractivity (Wildman–Crippen MR) is 103 cm³/mol. The van der Waals surface area contributed by atoms with Crippen LogP contribution in [0.1, 0.15) is 41.3 Å². The van der Waals surface area contributed by atoms with Gasteiger partial charge in [0.15, 0.2) is 0 Å². The van der Waals surface area contributed by atoms with Gasteiger partial charge in [-0.3, -0.25) is 10.2 Å². The molecule has 0 spiro atoms. The highest BCUT2D eigenvalue weighted by Crippen LogP contribution is 2.37. The molecule has 6 nitrogen and oxygen atoms in total. The molecule has 1 aliphatic carbocycles. The lowest BCUT2D eigenvalue weighted by Gasteiger charge is -2.30. The first-order valence-corrected chi connectivity index (χ1v) is 9.59. The molecule has 0 saturated heterocycles. The number of hydrogen-bond acceptors (Lipinski definition) is 4. The summed E-state index contributed by atoms with van der Waals surface area (Å²) in [6.07, 6.45) is -5.75. The molecule has 172 valence electrons. The van der Waals surface area contributed by atoms with E-state index in [2.05, 4.69) is 15.3 Å². The molecule has 0 aliphatic heterocycles. The van der Waals surface area contributed by atoms with Crippen LogP contribution < -0.4 is 5.32 Å². The zero-order valence-corrected chi connectivity index (χ0v) is 16.8. The number of carbonyl (C=O) groups is 1. The summed E-state index contributed by atoms with van der Waals surface area (Å²) in [7, 11) is 0. The summed E-state index contributed by atoms with van der Waals surface area (Å²) in [6, 6.07) is 1.36. The van der Waals surface area contributed by atoms with E-state index < -0.39 is 41.0 Å². The Morgan fingerprint density at radius 1 is 1.09 bits per heavy atom. The van der Waals surface area contributed by atoms with Crippen molar-refractivity contribution in [3.05, 3.63) is 53.3 Å². The number of amides is 1. The molecule has 1 aromatic carbocycles. The number of aromatic nitrogens is 2. The highest BCUT2D eigenvalue weighted by atomic mass is 19.4. The van der Waals surface area contributed by atoms with E-state index in [0.29, 0.717) is 12.1 Å². The zero-order valence-electron chi connectivity index (χ0n) is 16.8. The van der Waals surface area contributed by atoms with Crippen LogP contribution in [0.5, 0.6) is 0 Å². The van der Waals surface area contributed by atoms with Crippen molar-refractivity contribution < 1.29 is 31.1 Å². The molecule has 1 heterocycles. The fourth-order valence-electron chi connectivity index (χ4n) is 2.98. The number of rotatable bonds is 6. The minimum absolute atomic E-state index is 0.0260. The Hall–Kier alpha value is -3.18. The lowest BCUT2D eigenvalue weighted by atomic mass is 10.0. The molecule has 3 rings (SSSR count). The molecule has 0 bridgehead atoms. The van der Waals surface area contributed by atoms with Gasteiger partial charge in [-0.2, -0.15) is 26.3 Å². The highest BCUT2D eigenvalue weighted by molar-refractivity contribution is 6.01. The third-order valence-electron chi connectivity index (χ3n) is 4.94. The normalized spacial score (nSPS) is 15.2. The van der Waals surface area contributed by atoms with Crippen molar-refractivity contribution in [2.45, 2.75) is 38.2 Å². The molecular weight excluding hydrogens is 440 g/mol. The lowest BCUT2D eigenvalue weighted by molar-refractivity contribution is -0.143. The standard InChI is InChI=1S/C20H19F6N5O/c1-11(16(27)30-18-28-5-2-6-29-18)31(10-12-3-4-12)17(32)13-7-14(19(21,22)23)9-15(8-13)20(24,25)26/h2,5-9,11-12H,3-4,10H2,1H3,(H2,27,28,29,30). The Labute approximate surface area is 179 Å². The second-order valence-corrected chi connectivity index (χ2v) is 7.48. The SMILES string of the molecule is CC(C(=N)Nc1ncccn1)N(CC1CC1)C(=O)c1cc(C(F)(F)F)cc(C(F)(F)F)c1. The van der Waals surface area contributed by atoms with Crippen LogP contribution in [0.4, 0.5) is 32.3 Å². The van der Waals surface area contributed by atoms with Gasteiger partial charge in [0.25, 0.3) is 5.91 Å². The molecule has 1 unspecified atom stereocenters. The maximum Gasteiger partial charge on any atom is 0.416 e. The molecule has 1 saturated carbocycles. The first kappa shape index (κ1) is 23.5. The monoisotopic (exact) mass is 459 g/mol. The molecule has 2 aromatic rings. The van der Waals surface area contributed by atoms with Crippen molar-refractivity contribution in [1.82, 2.24) is 14.9 Å². The molecule has 2 N–H and O–H groups in total. The van der Waals surface area contributed by atoms with Crippen molar-refractivity contribution in [1.29, 1.82) is 5.41 Å². The molecule has 1 atom stereocenters. The van der Waals surface area contributed by atoms with Crippen molar-refractivity contribution >= 4 is 17.7 Å². The van der Waals surface area contributed by atoms with Crippen molar-refractivity contribution in [3.8, 4) is 0 Å². The van der Waals surface area contributed by atoms with Gasteiger partial charge in [0, 0.05) is 24.5 Å². The number of nitrogens with one attached hydrogen (secondary N) is 2. The molecule has 0 radical (unpaired) electrons. The van der Waals surface area contributed by atoms with Crippen molar-refractivity contribution in [3.63, 3.8) is 0 Å². The van der Waals surface area contributed by atoms with Crippen LogP contribution in [0.2, 0.25) is 0 Å². The summed E-state index contributed by atoms with van der Waals surface area (Å²) in [6.45, 7) is 1.55. The summed E-state index contributed by atoms with van der Waals surface area (Å²) in [5.41, 5.74) is -3.88. The Balaban J connectivity index is 1.94. The first-order valence-electron chi connectivity index (χ1n) is 9.59. The van der Waals surface area contributed by atoms with Gasteiger partial charge < -0.3 is 10.2 Å². The van der Waals surface area contributed by atoms with Gasteiger partial charge in [-0.15, -0.1) is 0 Å². The average Bonchev–Trinajstić information content (AvgIpc) is 3.54. The first-order chi connectivity index (χ1) is 14.9. The van der Waals surface area contributed by atoms with E-state index in [1.54, 1.807) is 6.07 Å². The van der Waals surface area contributed by atoms with Crippen molar-refractivity contribution in [2.24, 2.45) is 5.92 Å². The quantitative estimate of drug-likeness (QED) is 0.368. The van der Waals surface area contributed by atoms with E-state index in [1.807, 2.05) is 0 Å². The van der Waals surface area contributed by atoms with Crippen LogP contribution in [0.3, 0.4) is 0 Å². The van der Waals surface area contributed by atoms with Crippen molar-refractivity contribution in [2.75, 3.05) is 11.9 Å². The van der Waals surface area contributed by atoms with Gasteiger partial charge in [-0.25, -0.2) is 9.97 Å². The minimum Gasteiger partial charge on any atom is -0.328 e. The number of benzene rings is 1. The van der Waals surface area contributed by atoms with Gasteiger partial charge in [0.05, 0.1) is 17.2 Å². The number of hydrogen-bond donors (Lipinski definition) is 2. The summed E-state index contributed by atoms with van der Waals surface area (Å²) >= 11 is 0. The molecule has 12 heteroatoms. The number of anilines is 1. The number of nitrogens with zero attached hydrogens (tertiary/aromatic N) is 3. The Kier molecular flexibility index (Phi) is 6.42. The van der Waals surface area contributed by atoms with E-state index in [9.17, 15) is 31.1 Å². The molecule has 1 amide bonds. The maximum atomic E-state index is 13.2. The Bertz CT molecular complexity index is 956. The van der Waals surface area contributed by atoms with Gasteiger partial charge in [0.1, 0.15) is 5.84 Å². The Morgan fingerprint density at radius 2 is 1.62 bits per heavy atom. The minimum atomic E-state index is -5.07. The van der Waals surface area contributed by atoms with Crippen LogP contribution in [-0.2, 0) is 12.4 Å². The van der Waals surface area contributed by atoms with Crippen LogP contribution in [-0.4, -0.2) is 39.2 Å². The molecule has 1 fully saturated rings. The van der Waals surface area contributed by atoms with Crippen LogP contribution in [0, 0.1) is 11.3 Å². The van der Waals surface area contributed by atoms with E-state index in [1.165, 1.54) is 19.3 Å². The summed E-state index contributed by atoms with van der Waals surface area (Å²) in [5, 5.41) is 10.8. The van der Waals surface area contributed by atoms with Gasteiger partial charge in [0.2, 0.25) is 5.95 Å². The smallest absolute Gasteiger partial charge is 0.328 e. The molecular formula is C20H19F6N5O. The lowest BCUT2D eigenvalue weighted by Crippen LogP contribution is -2.46. The zero-order chi connectivity index (χ0) is 23.7. The van der Waals surface area contributed by atoms with E-state index >= 15 is 0 Å². The van der Waals surface area contributed by atoms with Crippen LogP contribution in [0.15, 0.2) is 36.7 Å². The van der Waals surface area contributed by atoms with Gasteiger partial charge >= 0.3 is 12.4 Å². The highest BCUT2D eigenvalue weighted by Gasteiger charge is 2.39. The fourth-order valence-corrected chi connectivity index (χ4v) is 2.98. The number of carbonyl (C=O) groups excluding carboxylic acids is 1. The summed E-state index contributed by atoms with van der Waals surface area (Å²) in [4.78, 5) is 22.0. The topological polar surface area (TPSA) is 82.0 Å². The predicted octanol–water partition coefficient (Wildman–Crippen LogP) is 4.84. The van der Waals surface area contributed by atoms with E-state index in [0.717, 1.165) is 17.7 Å². The largest absolute Gasteiger partial charge is 0.416 e. The van der Waals surface area contributed by atoms with Crippen LogP contribution >= 0.6 is 0 Å². The average molecular weight is 459 g/mol. The van der Waals surface area contributed by atoms with Gasteiger partial charge in [-0.05, 0) is 49.9 Å². The molecule has 1 aromatic heterocycles. The van der Waals surface area contributed by atoms with Crippen LogP contribution in [0.25, 0.3) is 0 Å². The Morgan fingerprint density at radius 3 is 2.09 bits per heavy atom. The number of alkyl halides is 6. The molecule has 1 aliphatic rings. The summed E-state index contributed by atoms with van der Waals surface area (Å²) < 4.78 is 79.2. The number of halogens is 6. The third kappa shape index (κ3) is 5.74. The number of amidine groups is 1. The fraction of sp³-hybridized carbons (Fsp3) is 0.400. The van der Waals surface area contributed by atoms with E-state index in [4.69, 9.17) is 5.41 Å². The summed E-state index contributed by atoms with van der Waals surface area (Å²) in [5.74, 6) is -1.12. The van der Waals surface area contributed by atoms with Gasteiger partial charge in [-0.1, -0.05) is 0 Å². The van der Waals surface area contributed by atoms with E-state index in [-0.39, 0.29) is 30.3 Å². The third-order valence-corrected chi connectivity index (χ3v) is 4.94. The second-order valence-electron chi connectivity index (χ2n) is 7.48.